The van der Waals surface area contributed by atoms with E-state index in [0.29, 0.717) is 13.0 Å². The number of rotatable bonds is 4. The third-order valence-electron chi connectivity index (χ3n) is 3.24. The van der Waals surface area contributed by atoms with Crippen LogP contribution in [0.25, 0.3) is 10.9 Å². The molecule has 0 saturated carbocycles. The van der Waals surface area contributed by atoms with E-state index in [9.17, 15) is 4.79 Å². The van der Waals surface area contributed by atoms with E-state index < -0.39 is 6.04 Å². The fourth-order valence-electron chi connectivity index (χ4n) is 2.11. The monoisotopic (exact) mass is 309 g/mol. The zero-order valence-electron chi connectivity index (χ0n) is 12.8. The summed E-state index contributed by atoms with van der Waals surface area (Å²) in [5, 5.41) is 4.04. The Labute approximate surface area is 131 Å². The van der Waals surface area contributed by atoms with Gasteiger partial charge in [0.1, 0.15) is 0 Å². The van der Waals surface area contributed by atoms with Crippen LogP contribution in [0, 0.1) is 5.41 Å². The van der Waals surface area contributed by atoms with Gasteiger partial charge in [0.2, 0.25) is 5.91 Å². The number of benzene rings is 1. The van der Waals surface area contributed by atoms with Gasteiger partial charge in [0, 0.05) is 23.6 Å². The van der Waals surface area contributed by atoms with E-state index in [-0.39, 0.29) is 23.7 Å². The molecular formula is C16H24ClN3O. The molecule has 5 heteroatoms. The Bertz CT molecular complexity index is 601. The number of nitrogens with two attached hydrogens (primary N) is 1. The minimum Gasteiger partial charge on any atom is -0.361 e. The van der Waals surface area contributed by atoms with E-state index in [4.69, 9.17) is 5.73 Å². The van der Waals surface area contributed by atoms with E-state index in [1.165, 1.54) is 0 Å². The summed E-state index contributed by atoms with van der Waals surface area (Å²) in [5.41, 5.74) is 8.22. The predicted molar refractivity (Wildman–Crippen MR) is 89.7 cm³/mol. The molecule has 0 aliphatic carbocycles. The molecule has 1 atom stereocenters. The SMILES string of the molecule is CC(C)(C)CNC(=O)[C@@H](N)Cc1c[nH]c2ccccc12.Cl. The molecule has 116 valence electrons. The van der Waals surface area contributed by atoms with E-state index in [2.05, 4.69) is 31.1 Å². The normalized spacial score (nSPS) is 12.8. The van der Waals surface area contributed by atoms with E-state index in [1.54, 1.807) is 0 Å². The number of H-pyrrole nitrogens is 1. The average Bonchev–Trinajstić information content (AvgIpc) is 2.78. The molecule has 1 amide bonds. The Morgan fingerprint density at radius 2 is 2.00 bits per heavy atom. The summed E-state index contributed by atoms with van der Waals surface area (Å²) in [6, 6.07) is 7.52. The van der Waals surface area contributed by atoms with Crippen LogP contribution in [-0.4, -0.2) is 23.5 Å². The van der Waals surface area contributed by atoms with Crippen LogP contribution in [-0.2, 0) is 11.2 Å². The van der Waals surface area contributed by atoms with Gasteiger partial charge in [-0.1, -0.05) is 39.0 Å². The van der Waals surface area contributed by atoms with Gasteiger partial charge in [-0.25, -0.2) is 0 Å². The number of para-hydroxylation sites is 1. The Balaban J connectivity index is 0.00000220. The maximum atomic E-state index is 12.0. The molecule has 1 aromatic heterocycles. The van der Waals surface area contributed by atoms with Gasteiger partial charge in [-0.05, 0) is 23.5 Å². The standard InChI is InChI=1S/C16H23N3O.ClH/c1-16(2,3)10-19-15(20)13(17)8-11-9-18-14-7-5-4-6-12(11)14;/h4-7,9,13,18H,8,10,17H2,1-3H3,(H,19,20);1H/t13-;/m0./s1. The van der Waals surface area contributed by atoms with Crippen molar-refractivity contribution in [2.75, 3.05) is 6.54 Å². The van der Waals surface area contributed by atoms with Gasteiger partial charge in [0.25, 0.3) is 0 Å². The largest absolute Gasteiger partial charge is 0.361 e. The predicted octanol–water partition coefficient (Wildman–Crippen LogP) is 2.62. The lowest BCUT2D eigenvalue weighted by molar-refractivity contribution is -0.122. The maximum absolute atomic E-state index is 12.0. The highest BCUT2D eigenvalue weighted by molar-refractivity contribution is 5.86. The molecule has 1 heterocycles. The van der Waals surface area contributed by atoms with Crippen LogP contribution in [0.4, 0.5) is 0 Å². The first-order valence-corrected chi connectivity index (χ1v) is 6.95. The van der Waals surface area contributed by atoms with Crippen molar-refractivity contribution in [1.82, 2.24) is 10.3 Å². The first-order chi connectivity index (χ1) is 9.37. The summed E-state index contributed by atoms with van der Waals surface area (Å²) < 4.78 is 0. The molecule has 4 N–H and O–H groups in total. The van der Waals surface area contributed by atoms with Gasteiger partial charge in [-0.3, -0.25) is 4.79 Å². The van der Waals surface area contributed by atoms with Gasteiger partial charge >= 0.3 is 0 Å². The second-order valence-electron chi connectivity index (χ2n) is 6.45. The number of fused-ring (bicyclic) bond motifs is 1. The van der Waals surface area contributed by atoms with Crippen molar-refractivity contribution in [3.8, 4) is 0 Å². The molecule has 0 fully saturated rings. The molecular weight excluding hydrogens is 286 g/mol. The average molecular weight is 310 g/mol. The number of aromatic nitrogens is 1. The Morgan fingerprint density at radius 3 is 2.67 bits per heavy atom. The van der Waals surface area contributed by atoms with Gasteiger partial charge in [0.15, 0.2) is 0 Å². The smallest absolute Gasteiger partial charge is 0.237 e. The minimum atomic E-state index is -0.517. The quantitative estimate of drug-likeness (QED) is 0.812. The number of hydrogen-bond donors (Lipinski definition) is 3. The third-order valence-corrected chi connectivity index (χ3v) is 3.24. The van der Waals surface area contributed by atoms with Crippen molar-refractivity contribution >= 4 is 29.2 Å². The topological polar surface area (TPSA) is 70.9 Å². The summed E-state index contributed by atoms with van der Waals surface area (Å²) in [6.07, 6.45) is 2.47. The number of halogens is 1. The van der Waals surface area contributed by atoms with Gasteiger partial charge in [-0.2, -0.15) is 0 Å². The molecule has 0 aliphatic heterocycles. The van der Waals surface area contributed by atoms with Crippen LogP contribution < -0.4 is 11.1 Å². The summed E-state index contributed by atoms with van der Waals surface area (Å²) in [7, 11) is 0. The molecule has 0 bridgehead atoms. The molecule has 1 aromatic carbocycles. The highest BCUT2D eigenvalue weighted by atomic mass is 35.5. The minimum absolute atomic E-state index is 0. The summed E-state index contributed by atoms with van der Waals surface area (Å²) in [6.45, 7) is 6.88. The molecule has 2 aromatic rings. The number of amides is 1. The Kier molecular flexibility index (Phi) is 5.81. The first kappa shape index (κ1) is 17.5. The molecule has 0 unspecified atom stereocenters. The highest BCUT2D eigenvalue weighted by Gasteiger charge is 2.18. The number of nitrogens with one attached hydrogen (secondary N) is 2. The Morgan fingerprint density at radius 1 is 1.33 bits per heavy atom. The number of hydrogen-bond acceptors (Lipinski definition) is 2. The molecule has 0 radical (unpaired) electrons. The van der Waals surface area contributed by atoms with Crippen LogP contribution in [0.2, 0.25) is 0 Å². The number of carbonyl (C=O) groups excluding carboxylic acids is 1. The van der Waals surface area contributed by atoms with E-state index in [1.807, 2.05) is 30.5 Å². The molecule has 0 saturated heterocycles. The van der Waals surface area contributed by atoms with Crippen LogP contribution in [0.5, 0.6) is 0 Å². The fourth-order valence-corrected chi connectivity index (χ4v) is 2.11. The highest BCUT2D eigenvalue weighted by Crippen LogP contribution is 2.18. The van der Waals surface area contributed by atoms with Gasteiger partial charge < -0.3 is 16.0 Å². The second kappa shape index (κ2) is 6.96. The third kappa shape index (κ3) is 4.76. The van der Waals surface area contributed by atoms with Gasteiger partial charge in [-0.15, -0.1) is 12.4 Å². The van der Waals surface area contributed by atoms with Crippen LogP contribution in [0.15, 0.2) is 30.5 Å². The summed E-state index contributed by atoms with van der Waals surface area (Å²) in [5.74, 6) is -0.0924. The van der Waals surface area contributed by atoms with E-state index >= 15 is 0 Å². The van der Waals surface area contributed by atoms with E-state index in [0.717, 1.165) is 16.5 Å². The molecule has 21 heavy (non-hydrogen) atoms. The lowest BCUT2D eigenvalue weighted by Gasteiger charge is -2.20. The molecule has 0 aliphatic rings. The Hall–Kier alpha value is -1.52. The maximum Gasteiger partial charge on any atom is 0.237 e. The number of aromatic amines is 1. The van der Waals surface area contributed by atoms with Crippen molar-refractivity contribution in [1.29, 1.82) is 0 Å². The fraction of sp³-hybridized carbons (Fsp3) is 0.438. The van der Waals surface area contributed by atoms with Crippen molar-refractivity contribution in [3.63, 3.8) is 0 Å². The van der Waals surface area contributed by atoms with Crippen molar-refractivity contribution in [2.24, 2.45) is 11.1 Å². The zero-order valence-corrected chi connectivity index (χ0v) is 13.6. The lowest BCUT2D eigenvalue weighted by Crippen LogP contribution is -2.44. The molecule has 4 nitrogen and oxygen atoms in total. The summed E-state index contributed by atoms with van der Waals surface area (Å²) >= 11 is 0. The molecule has 0 spiro atoms. The van der Waals surface area contributed by atoms with Gasteiger partial charge in [0.05, 0.1) is 6.04 Å². The van der Waals surface area contributed by atoms with Crippen molar-refractivity contribution < 1.29 is 4.79 Å². The zero-order chi connectivity index (χ0) is 14.8. The van der Waals surface area contributed by atoms with Crippen LogP contribution >= 0.6 is 12.4 Å². The second-order valence-corrected chi connectivity index (χ2v) is 6.45. The summed E-state index contributed by atoms with van der Waals surface area (Å²) in [4.78, 5) is 15.2. The van der Waals surface area contributed by atoms with Crippen LogP contribution in [0.1, 0.15) is 26.3 Å². The first-order valence-electron chi connectivity index (χ1n) is 6.95. The number of carbonyl (C=O) groups is 1. The van der Waals surface area contributed by atoms with Crippen molar-refractivity contribution in [2.45, 2.75) is 33.2 Å². The molecule has 2 rings (SSSR count). The van der Waals surface area contributed by atoms with Crippen molar-refractivity contribution in [3.05, 3.63) is 36.0 Å². The van der Waals surface area contributed by atoms with Crippen LogP contribution in [0.3, 0.4) is 0 Å². The lowest BCUT2D eigenvalue weighted by atomic mass is 9.96.